The largest absolute Gasteiger partial charge is 0.404 e. The molecular formula is C12H13NO5S. The first-order valence-electron chi connectivity index (χ1n) is 5.65. The summed E-state index contributed by atoms with van der Waals surface area (Å²) in [6, 6.07) is 4.49. The first-order chi connectivity index (χ1) is 8.78. The van der Waals surface area contributed by atoms with Gasteiger partial charge in [0.15, 0.2) is 0 Å². The second-order valence-corrected chi connectivity index (χ2v) is 5.94. The summed E-state index contributed by atoms with van der Waals surface area (Å²) in [5, 5.41) is 0. The average Bonchev–Trinajstić information content (AvgIpc) is 2.54. The Morgan fingerprint density at radius 1 is 1.37 bits per heavy atom. The van der Waals surface area contributed by atoms with Gasteiger partial charge in [0, 0.05) is 6.04 Å². The van der Waals surface area contributed by atoms with Gasteiger partial charge in [-0.15, -0.1) is 0 Å². The van der Waals surface area contributed by atoms with Crippen LogP contribution in [0.3, 0.4) is 0 Å². The maximum atomic E-state index is 11.7. The second-order valence-electron chi connectivity index (χ2n) is 4.48. The maximum absolute atomic E-state index is 11.7. The number of esters is 1. The van der Waals surface area contributed by atoms with Gasteiger partial charge in [0.25, 0.3) is 10.1 Å². The van der Waals surface area contributed by atoms with E-state index in [1.807, 2.05) is 13.8 Å². The fourth-order valence-corrected chi connectivity index (χ4v) is 2.49. The van der Waals surface area contributed by atoms with Crippen molar-refractivity contribution in [3.8, 4) is 0 Å². The quantitative estimate of drug-likeness (QED) is 0.668. The lowest BCUT2D eigenvalue weighted by Crippen LogP contribution is -2.09. The minimum Gasteiger partial charge on any atom is -0.404 e. The minimum absolute atomic E-state index is 0.104. The fraction of sp³-hybridized carbons (Fsp3) is 0.333. The zero-order chi connectivity index (χ0) is 14.2. The number of benzene rings is 1. The van der Waals surface area contributed by atoms with Crippen molar-refractivity contribution >= 4 is 22.0 Å². The van der Waals surface area contributed by atoms with Gasteiger partial charge in [-0.3, -0.25) is 4.55 Å². The summed E-state index contributed by atoms with van der Waals surface area (Å²) in [7, 11) is -4.19. The number of nitrogens with zero attached hydrogens (tertiary/aromatic N) is 1. The Morgan fingerprint density at radius 2 is 2.05 bits per heavy atom. The van der Waals surface area contributed by atoms with Crippen LogP contribution >= 0.6 is 0 Å². The van der Waals surface area contributed by atoms with Crippen LogP contribution in [0.25, 0.3) is 0 Å². The molecule has 1 aliphatic rings. The molecule has 0 saturated carbocycles. The monoisotopic (exact) mass is 283 g/mol. The van der Waals surface area contributed by atoms with Crippen molar-refractivity contribution in [2.24, 2.45) is 4.99 Å². The van der Waals surface area contributed by atoms with Crippen LogP contribution in [0.2, 0.25) is 0 Å². The lowest BCUT2D eigenvalue weighted by Gasteiger charge is -2.06. The van der Waals surface area contributed by atoms with Crippen LogP contribution in [0, 0.1) is 0 Å². The van der Waals surface area contributed by atoms with E-state index in [4.69, 9.17) is 9.29 Å². The molecule has 0 aliphatic carbocycles. The third kappa shape index (κ3) is 2.99. The molecule has 0 aromatic heterocycles. The molecule has 102 valence electrons. The third-order valence-corrected chi connectivity index (χ3v) is 3.16. The molecule has 1 heterocycles. The fourth-order valence-electron chi connectivity index (χ4n) is 1.86. The van der Waals surface area contributed by atoms with Crippen LogP contribution in [0.15, 0.2) is 23.2 Å². The van der Waals surface area contributed by atoms with E-state index in [1.165, 1.54) is 12.1 Å². The molecule has 19 heavy (non-hydrogen) atoms. The van der Waals surface area contributed by atoms with Gasteiger partial charge >= 0.3 is 5.97 Å². The van der Waals surface area contributed by atoms with Crippen LogP contribution < -0.4 is 0 Å². The lowest BCUT2D eigenvalue weighted by atomic mass is 10.0. The van der Waals surface area contributed by atoms with E-state index in [-0.39, 0.29) is 17.5 Å². The van der Waals surface area contributed by atoms with Crippen LogP contribution in [0.1, 0.15) is 35.3 Å². The maximum Gasteiger partial charge on any atom is 0.345 e. The number of fused-ring (bicyclic) bond motifs is 1. The highest BCUT2D eigenvalue weighted by Crippen LogP contribution is 2.26. The molecule has 0 unspecified atom stereocenters. The minimum atomic E-state index is -4.19. The Balaban J connectivity index is 2.59. The molecule has 6 nitrogen and oxygen atoms in total. The van der Waals surface area contributed by atoms with Gasteiger partial charge in [-0.05, 0) is 25.5 Å². The number of rotatable bonds is 3. The van der Waals surface area contributed by atoms with Crippen LogP contribution in [-0.4, -0.2) is 30.9 Å². The molecule has 1 aromatic carbocycles. The SMILES string of the molecule is CC(C)N=C1OC(=O)c2cccc(CS(=O)(=O)O)c21. The highest BCUT2D eigenvalue weighted by atomic mass is 32.2. The number of aliphatic imine (C=N–C) groups is 1. The highest BCUT2D eigenvalue weighted by Gasteiger charge is 2.31. The topological polar surface area (TPSA) is 93.0 Å². The summed E-state index contributed by atoms with van der Waals surface area (Å²) in [6.07, 6.45) is 0. The second kappa shape index (κ2) is 4.75. The lowest BCUT2D eigenvalue weighted by molar-refractivity contribution is 0.0736. The van der Waals surface area contributed by atoms with Crippen LogP contribution in [0.4, 0.5) is 0 Å². The van der Waals surface area contributed by atoms with Crippen molar-refractivity contribution in [2.45, 2.75) is 25.6 Å². The standard InChI is InChI=1S/C12H13NO5S/c1-7(2)13-11-10-8(6-19(15,16)17)4-3-5-9(10)12(14)18-11/h3-5,7H,6H2,1-2H3,(H,15,16,17). The van der Waals surface area contributed by atoms with Crippen LogP contribution in [-0.2, 0) is 20.6 Å². The Kier molecular flexibility index (Phi) is 3.42. The van der Waals surface area contributed by atoms with Gasteiger partial charge in [-0.2, -0.15) is 8.42 Å². The number of hydrogen-bond donors (Lipinski definition) is 1. The number of hydrogen-bond acceptors (Lipinski definition) is 5. The van der Waals surface area contributed by atoms with Gasteiger partial charge in [0.05, 0.1) is 11.1 Å². The van der Waals surface area contributed by atoms with E-state index in [1.54, 1.807) is 6.07 Å². The number of carbonyl (C=O) groups excluding carboxylic acids is 1. The molecule has 0 fully saturated rings. The summed E-state index contributed by atoms with van der Waals surface area (Å²) in [4.78, 5) is 15.8. The molecular weight excluding hydrogens is 270 g/mol. The Labute approximate surface area is 110 Å². The average molecular weight is 283 g/mol. The van der Waals surface area contributed by atoms with Gasteiger partial charge in [0.2, 0.25) is 5.90 Å². The van der Waals surface area contributed by atoms with Crippen molar-refractivity contribution in [1.82, 2.24) is 0 Å². The molecule has 0 saturated heterocycles. The molecule has 0 spiro atoms. The van der Waals surface area contributed by atoms with Crippen molar-refractivity contribution in [1.29, 1.82) is 0 Å². The van der Waals surface area contributed by atoms with Crippen molar-refractivity contribution in [3.05, 3.63) is 34.9 Å². The predicted octanol–water partition coefficient (Wildman–Crippen LogP) is 1.40. The predicted molar refractivity (Wildman–Crippen MR) is 68.8 cm³/mol. The highest BCUT2D eigenvalue weighted by molar-refractivity contribution is 7.85. The number of carbonyl (C=O) groups is 1. The summed E-state index contributed by atoms with van der Waals surface area (Å²) < 4.78 is 36.0. The normalized spacial score (nSPS) is 16.8. The Bertz CT molecular complexity index is 661. The van der Waals surface area contributed by atoms with Crippen molar-refractivity contribution in [3.63, 3.8) is 0 Å². The van der Waals surface area contributed by atoms with Crippen molar-refractivity contribution < 1.29 is 22.5 Å². The van der Waals surface area contributed by atoms with Gasteiger partial charge in [0.1, 0.15) is 5.75 Å². The molecule has 0 atom stereocenters. The number of cyclic esters (lactones) is 1. The molecule has 0 amide bonds. The molecule has 1 aliphatic heterocycles. The third-order valence-electron chi connectivity index (χ3n) is 2.49. The van der Waals surface area contributed by atoms with Gasteiger partial charge in [-0.25, -0.2) is 9.79 Å². The van der Waals surface area contributed by atoms with E-state index in [0.717, 1.165) is 0 Å². The molecule has 2 rings (SSSR count). The number of ether oxygens (including phenoxy) is 1. The molecule has 0 bridgehead atoms. The van der Waals surface area contributed by atoms with Gasteiger partial charge in [-0.1, -0.05) is 12.1 Å². The van der Waals surface area contributed by atoms with E-state index in [9.17, 15) is 13.2 Å². The zero-order valence-electron chi connectivity index (χ0n) is 10.5. The van der Waals surface area contributed by atoms with E-state index >= 15 is 0 Å². The molecule has 0 radical (unpaired) electrons. The molecule has 7 heteroatoms. The summed E-state index contributed by atoms with van der Waals surface area (Å²) in [6.45, 7) is 3.62. The first-order valence-corrected chi connectivity index (χ1v) is 7.26. The van der Waals surface area contributed by atoms with E-state index in [0.29, 0.717) is 11.1 Å². The Hall–Kier alpha value is -1.73. The molecule has 1 aromatic rings. The molecule has 1 N–H and O–H groups in total. The Morgan fingerprint density at radius 3 is 2.63 bits per heavy atom. The first kappa shape index (κ1) is 13.7. The van der Waals surface area contributed by atoms with Crippen LogP contribution in [0.5, 0.6) is 0 Å². The smallest absolute Gasteiger partial charge is 0.345 e. The van der Waals surface area contributed by atoms with Crippen molar-refractivity contribution in [2.75, 3.05) is 0 Å². The van der Waals surface area contributed by atoms with E-state index in [2.05, 4.69) is 4.99 Å². The zero-order valence-corrected chi connectivity index (χ0v) is 11.3. The summed E-state index contributed by atoms with van der Waals surface area (Å²) in [5.74, 6) is -1.04. The summed E-state index contributed by atoms with van der Waals surface area (Å²) >= 11 is 0. The van der Waals surface area contributed by atoms with Gasteiger partial charge < -0.3 is 4.74 Å². The van der Waals surface area contributed by atoms with E-state index < -0.39 is 21.8 Å². The summed E-state index contributed by atoms with van der Waals surface area (Å²) in [5.41, 5.74) is 0.907.